The van der Waals surface area contributed by atoms with Crippen LogP contribution in [0, 0.1) is 6.92 Å². The number of hydrogen-bond donors (Lipinski definition) is 0. The lowest BCUT2D eigenvalue weighted by atomic mass is 10.2. The fraction of sp³-hybridized carbons (Fsp3) is 0.192. The van der Waals surface area contributed by atoms with Crippen molar-refractivity contribution in [3.05, 3.63) is 104 Å². The van der Waals surface area contributed by atoms with E-state index < -0.39 is 11.2 Å². The van der Waals surface area contributed by atoms with Gasteiger partial charge in [-0.05, 0) is 53.9 Å². The Hall–Kier alpha value is -4.33. The summed E-state index contributed by atoms with van der Waals surface area (Å²) in [6.07, 6.45) is 1.83. The Bertz CT molecular complexity index is 1610. The largest absolute Gasteiger partial charge is 0.497 e. The molecular weight excluding hydrogens is 432 g/mol. The van der Waals surface area contributed by atoms with Crippen molar-refractivity contribution in [1.82, 2.24) is 18.5 Å². The molecule has 8 nitrogen and oxygen atoms in total. The van der Waals surface area contributed by atoms with Crippen LogP contribution in [-0.2, 0) is 13.1 Å². The number of imidazole rings is 1. The van der Waals surface area contributed by atoms with Crippen LogP contribution in [0.3, 0.4) is 0 Å². The number of pyridine rings is 1. The molecule has 3 heterocycles. The Morgan fingerprint density at radius 1 is 0.794 bits per heavy atom. The van der Waals surface area contributed by atoms with Gasteiger partial charge < -0.3 is 9.47 Å². The van der Waals surface area contributed by atoms with Gasteiger partial charge in [0.05, 0.1) is 27.3 Å². The Morgan fingerprint density at radius 2 is 1.35 bits per heavy atom. The minimum Gasteiger partial charge on any atom is -0.497 e. The monoisotopic (exact) mass is 456 g/mol. The number of nitrogens with zero attached hydrogens (tertiary/aromatic N) is 4. The van der Waals surface area contributed by atoms with E-state index in [4.69, 9.17) is 9.47 Å². The highest BCUT2D eigenvalue weighted by molar-refractivity contribution is 5.77. The number of aromatic nitrogens is 4. The molecule has 0 saturated carbocycles. The molecule has 0 spiro atoms. The molecule has 3 aromatic heterocycles. The minimum atomic E-state index is -0.412. The second kappa shape index (κ2) is 8.55. The highest BCUT2D eigenvalue weighted by Gasteiger charge is 2.20. The zero-order chi connectivity index (χ0) is 23.8. The Labute approximate surface area is 195 Å². The van der Waals surface area contributed by atoms with Crippen molar-refractivity contribution in [2.75, 3.05) is 14.2 Å². The summed E-state index contributed by atoms with van der Waals surface area (Å²) in [5.41, 5.74) is 3.23. The summed E-state index contributed by atoms with van der Waals surface area (Å²) < 4.78 is 15.1. The second-order valence-corrected chi connectivity index (χ2v) is 8.12. The summed E-state index contributed by atoms with van der Waals surface area (Å²) in [6, 6.07) is 18.6. The van der Waals surface area contributed by atoms with Crippen LogP contribution in [0.1, 0.15) is 16.7 Å². The molecular formula is C26H24N4O4. The number of aryl methyl sites for hydroxylation is 1. The lowest BCUT2D eigenvalue weighted by Gasteiger charge is -2.13. The Kier molecular flexibility index (Phi) is 5.41. The lowest BCUT2D eigenvalue weighted by Crippen LogP contribution is -2.40. The van der Waals surface area contributed by atoms with Crippen molar-refractivity contribution in [1.29, 1.82) is 0 Å². The van der Waals surface area contributed by atoms with Gasteiger partial charge in [0.2, 0.25) is 0 Å². The van der Waals surface area contributed by atoms with Gasteiger partial charge in [0.25, 0.3) is 5.56 Å². The number of rotatable bonds is 6. The zero-order valence-electron chi connectivity index (χ0n) is 19.2. The molecule has 0 unspecified atom stereocenters. The van der Waals surface area contributed by atoms with Crippen LogP contribution in [0.2, 0.25) is 0 Å². The lowest BCUT2D eigenvalue weighted by molar-refractivity contribution is 0.414. The van der Waals surface area contributed by atoms with E-state index in [1.165, 1.54) is 4.57 Å². The third-order valence-corrected chi connectivity index (χ3v) is 5.98. The van der Waals surface area contributed by atoms with Gasteiger partial charge in [0.1, 0.15) is 17.1 Å². The molecule has 0 fully saturated rings. The van der Waals surface area contributed by atoms with E-state index in [9.17, 15) is 9.59 Å². The molecule has 0 radical (unpaired) electrons. The molecule has 0 aliphatic rings. The van der Waals surface area contributed by atoms with Crippen LogP contribution < -0.4 is 20.7 Å². The summed E-state index contributed by atoms with van der Waals surface area (Å²) in [4.78, 5) is 31.8. The van der Waals surface area contributed by atoms with Gasteiger partial charge in [0, 0.05) is 6.20 Å². The van der Waals surface area contributed by atoms with E-state index in [1.54, 1.807) is 18.8 Å². The third-order valence-electron chi connectivity index (χ3n) is 5.98. The highest BCUT2D eigenvalue weighted by atomic mass is 16.5. The van der Waals surface area contributed by atoms with Crippen molar-refractivity contribution in [2.24, 2.45) is 0 Å². The van der Waals surface area contributed by atoms with Crippen molar-refractivity contribution in [3.63, 3.8) is 0 Å². The maximum Gasteiger partial charge on any atom is 0.333 e. The number of fused-ring (bicyclic) bond motifs is 3. The predicted molar refractivity (Wildman–Crippen MR) is 130 cm³/mol. The molecule has 0 atom stereocenters. The van der Waals surface area contributed by atoms with Crippen LogP contribution in [0.15, 0.2) is 76.4 Å². The molecule has 2 aromatic carbocycles. The van der Waals surface area contributed by atoms with Crippen LogP contribution in [0.5, 0.6) is 11.5 Å². The molecule has 5 aromatic rings. The molecule has 5 rings (SSSR count). The van der Waals surface area contributed by atoms with Gasteiger partial charge in [-0.25, -0.2) is 9.78 Å². The summed E-state index contributed by atoms with van der Waals surface area (Å²) >= 11 is 0. The maximum atomic E-state index is 13.7. The topological polar surface area (TPSA) is 79.8 Å². The van der Waals surface area contributed by atoms with Crippen molar-refractivity contribution < 1.29 is 9.47 Å². The molecule has 0 bridgehead atoms. The van der Waals surface area contributed by atoms with Gasteiger partial charge in [0.15, 0.2) is 11.2 Å². The zero-order valence-corrected chi connectivity index (χ0v) is 19.2. The third kappa shape index (κ3) is 3.63. The molecule has 34 heavy (non-hydrogen) atoms. The second-order valence-electron chi connectivity index (χ2n) is 8.12. The van der Waals surface area contributed by atoms with E-state index in [1.807, 2.05) is 78.2 Å². The van der Waals surface area contributed by atoms with Gasteiger partial charge in [-0.15, -0.1) is 0 Å². The summed E-state index contributed by atoms with van der Waals surface area (Å²) in [7, 11) is 3.20. The quantitative estimate of drug-likeness (QED) is 0.392. The Balaban J connectivity index is 1.74. The summed E-state index contributed by atoms with van der Waals surface area (Å²) in [5.74, 6) is 1.44. The molecule has 0 aliphatic heterocycles. The van der Waals surface area contributed by atoms with E-state index in [0.717, 1.165) is 22.4 Å². The minimum absolute atomic E-state index is 0.132. The maximum absolute atomic E-state index is 13.7. The average molecular weight is 457 g/mol. The van der Waals surface area contributed by atoms with E-state index in [2.05, 4.69) is 4.98 Å². The standard InChI is InChI=1S/C26H24N4O4/c1-17-5-4-14-28-23(17)27-22-24(28)29(15-18-6-10-20(33-2)11-7-18)26(32)30(25(22)31)16-19-8-12-21(34-3)13-9-19/h4-14H,15-16H2,1-3H3. The number of benzene rings is 2. The first-order chi connectivity index (χ1) is 16.5. The first-order valence-corrected chi connectivity index (χ1v) is 10.9. The van der Waals surface area contributed by atoms with Crippen molar-refractivity contribution >= 4 is 16.8 Å². The van der Waals surface area contributed by atoms with E-state index in [-0.39, 0.29) is 18.6 Å². The van der Waals surface area contributed by atoms with Gasteiger partial charge in [-0.3, -0.25) is 18.3 Å². The summed E-state index contributed by atoms with van der Waals surface area (Å²) in [6.45, 7) is 2.35. The van der Waals surface area contributed by atoms with E-state index in [0.29, 0.717) is 17.0 Å². The molecule has 172 valence electrons. The van der Waals surface area contributed by atoms with Crippen LogP contribution >= 0.6 is 0 Å². The van der Waals surface area contributed by atoms with Gasteiger partial charge in [-0.2, -0.15) is 0 Å². The Morgan fingerprint density at radius 3 is 1.91 bits per heavy atom. The first kappa shape index (κ1) is 21.5. The highest BCUT2D eigenvalue weighted by Crippen LogP contribution is 2.18. The number of ether oxygens (including phenoxy) is 2. The number of hydrogen-bond acceptors (Lipinski definition) is 5. The molecule has 0 N–H and O–H groups in total. The number of methoxy groups -OCH3 is 2. The smallest absolute Gasteiger partial charge is 0.333 e. The normalized spacial score (nSPS) is 11.3. The first-order valence-electron chi connectivity index (χ1n) is 10.9. The van der Waals surface area contributed by atoms with Crippen LogP contribution in [0.25, 0.3) is 16.8 Å². The van der Waals surface area contributed by atoms with Gasteiger partial charge >= 0.3 is 5.69 Å². The molecule has 0 saturated heterocycles. The predicted octanol–water partition coefficient (Wildman–Crippen LogP) is 3.23. The fourth-order valence-electron chi connectivity index (χ4n) is 4.15. The van der Waals surface area contributed by atoms with Crippen molar-refractivity contribution in [2.45, 2.75) is 20.0 Å². The molecule has 0 amide bonds. The van der Waals surface area contributed by atoms with Gasteiger partial charge in [-0.1, -0.05) is 30.3 Å². The summed E-state index contributed by atoms with van der Waals surface area (Å²) in [5, 5.41) is 0. The van der Waals surface area contributed by atoms with E-state index >= 15 is 0 Å². The average Bonchev–Trinajstić information content (AvgIpc) is 3.26. The fourth-order valence-corrected chi connectivity index (χ4v) is 4.15. The van der Waals surface area contributed by atoms with Crippen LogP contribution in [-0.4, -0.2) is 32.7 Å². The molecule has 0 aliphatic carbocycles. The SMILES string of the molecule is COc1ccc(Cn2c(=O)c3nc4c(C)cccn4c3n(Cc3ccc(OC)cc3)c2=O)cc1. The van der Waals surface area contributed by atoms with Crippen molar-refractivity contribution in [3.8, 4) is 11.5 Å². The molecule has 8 heteroatoms. The van der Waals surface area contributed by atoms with Crippen LogP contribution in [0.4, 0.5) is 0 Å².